The predicted molar refractivity (Wildman–Crippen MR) is 73.5 cm³/mol. The van der Waals surface area contributed by atoms with Gasteiger partial charge in [-0.2, -0.15) is 5.10 Å². The number of hydrogen-bond donors (Lipinski definition) is 1. The van der Waals surface area contributed by atoms with Crippen LogP contribution in [0.15, 0.2) is 52.6 Å². The first-order valence-corrected chi connectivity index (χ1v) is 6.35. The Kier molecular flexibility index (Phi) is 2.68. The Bertz CT molecular complexity index is 705. The second-order valence-corrected chi connectivity index (χ2v) is 5.12. The van der Waals surface area contributed by atoms with Gasteiger partial charge in [0.1, 0.15) is 0 Å². The van der Waals surface area contributed by atoms with Gasteiger partial charge in [0.05, 0.1) is 16.6 Å². The SMILES string of the molecule is Cn1cc(Sc2ccc(N)c3cccnc23)cn1. The number of aryl methyl sites for hydroxylation is 1. The Hall–Kier alpha value is -2.01. The molecule has 90 valence electrons. The lowest BCUT2D eigenvalue weighted by atomic mass is 10.2. The van der Waals surface area contributed by atoms with Crippen molar-refractivity contribution in [3.63, 3.8) is 0 Å². The van der Waals surface area contributed by atoms with Gasteiger partial charge in [-0.3, -0.25) is 9.67 Å². The zero-order valence-electron chi connectivity index (χ0n) is 9.87. The number of nitrogen functional groups attached to an aromatic ring is 1. The molecule has 3 rings (SSSR count). The van der Waals surface area contributed by atoms with Gasteiger partial charge in [0.15, 0.2) is 0 Å². The monoisotopic (exact) mass is 256 g/mol. The Morgan fingerprint density at radius 2 is 2.17 bits per heavy atom. The van der Waals surface area contributed by atoms with Crippen molar-refractivity contribution < 1.29 is 0 Å². The summed E-state index contributed by atoms with van der Waals surface area (Å²) >= 11 is 1.65. The van der Waals surface area contributed by atoms with Crippen molar-refractivity contribution in [1.82, 2.24) is 14.8 Å². The highest BCUT2D eigenvalue weighted by Crippen LogP contribution is 2.34. The van der Waals surface area contributed by atoms with Gasteiger partial charge >= 0.3 is 0 Å². The highest BCUT2D eigenvalue weighted by atomic mass is 32.2. The summed E-state index contributed by atoms with van der Waals surface area (Å²) in [6.45, 7) is 0. The number of nitrogens with two attached hydrogens (primary N) is 1. The van der Waals surface area contributed by atoms with Gasteiger partial charge < -0.3 is 5.73 Å². The summed E-state index contributed by atoms with van der Waals surface area (Å²) in [5, 5.41) is 5.15. The Balaban J connectivity index is 2.09. The molecule has 0 saturated carbocycles. The van der Waals surface area contributed by atoms with E-state index in [0.29, 0.717) is 0 Å². The summed E-state index contributed by atoms with van der Waals surface area (Å²) in [4.78, 5) is 6.60. The quantitative estimate of drug-likeness (QED) is 0.716. The largest absolute Gasteiger partial charge is 0.398 e. The van der Waals surface area contributed by atoms with Crippen LogP contribution in [0.3, 0.4) is 0 Å². The minimum atomic E-state index is 0.758. The first-order valence-electron chi connectivity index (χ1n) is 5.54. The molecule has 0 atom stereocenters. The molecule has 0 aliphatic carbocycles. The lowest BCUT2D eigenvalue weighted by molar-refractivity contribution is 0.766. The van der Waals surface area contributed by atoms with Crippen molar-refractivity contribution in [2.24, 2.45) is 7.05 Å². The molecule has 0 aliphatic heterocycles. The third kappa shape index (κ3) is 1.93. The Labute approximate surface area is 109 Å². The highest BCUT2D eigenvalue weighted by molar-refractivity contribution is 7.99. The van der Waals surface area contributed by atoms with E-state index in [4.69, 9.17) is 5.73 Å². The van der Waals surface area contributed by atoms with E-state index in [1.807, 2.05) is 43.7 Å². The molecular formula is C13H12N4S. The molecule has 0 radical (unpaired) electrons. The van der Waals surface area contributed by atoms with Crippen LogP contribution >= 0.6 is 11.8 Å². The van der Waals surface area contributed by atoms with Crippen molar-refractivity contribution in [3.8, 4) is 0 Å². The number of anilines is 1. The van der Waals surface area contributed by atoms with Crippen LogP contribution in [0.2, 0.25) is 0 Å². The smallest absolute Gasteiger partial charge is 0.0861 e. The van der Waals surface area contributed by atoms with Crippen molar-refractivity contribution in [3.05, 3.63) is 42.9 Å². The van der Waals surface area contributed by atoms with Gasteiger partial charge in [-0.25, -0.2) is 0 Å². The third-order valence-corrected chi connectivity index (χ3v) is 3.67. The van der Waals surface area contributed by atoms with E-state index in [9.17, 15) is 0 Å². The van der Waals surface area contributed by atoms with Gasteiger partial charge in [-0.1, -0.05) is 11.8 Å². The van der Waals surface area contributed by atoms with Crippen LogP contribution in [-0.4, -0.2) is 14.8 Å². The summed E-state index contributed by atoms with van der Waals surface area (Å²) in [5.74, 6) is 0. The lowest BCUT2D eigenvalue weighted by Gasteiger charge is -2.06. The van der Waals surface area contributed by atoms with Gasteiger partial charge in [0, 0.05) is 35.4 Å². The summed E-state index contributed by atoms with van der Waals surface area (Å²) in [5.41, 5.74) is 7.65. The number of hydrogen-bond acceptors (Lipinski definition) is 4. The fourth-order valence-corrected chi connectivity index (χ4v) is 2.78. The summed E-state index contributed by atoms with van der Waals surface area (Å²) < 4.78 is 1.79. The molecule has 4 nitrogen and oxygen atoms in total. The van der Waals surface area contributed by atoms with E-state index >= 15 is 0 Å². The molecule has 0 bridgehead atoms. The number of pyridine rings is 1. The van der Waals surface area contributed by atoms with E-state index in [1.54, 1.807) is 22.6 Å². The Morgan fingerprint density at radius 1 is 1.28 bits per heavy atom. The summed E-state index contributed by atoms with van der Waals surface area (Å²) in [6, 6.07) is 7.81. The number of fused-ring (bicyclic) bond motifs is 1. The van der Waals surface area contributed by atoms with Crippen LogP contribution < -0.4 is 5.73 Å². The maximum absolute atomic E-state index is 5.96. The molecule has 0 fully saturated rings. The molecule has 2 aromatic heterocycles. The molecule has 1 aromatic carbocycles. The molecule has 5 heteroatoms. The van der Waals surface area contributed by atoms with Gasteiger partial charge in [0.25, 0.3) is 0 Å². The molecule has 0 amide bonds. The number of nitrogens with zero attached hydrogens (tertiary/aromatic N) is 3. The molecule has 0 unspecified atom stereocenters. The summed E-state index contributed by atoms with van der Waals surface area (Å²) in [6.07, 6.45) is 5.61. The normalized spacial score (nSPS) is 10.9. The second-order valence-electron chi connectivity index (χ2n) is 4.00. The van der Waals surface area contributed by atoms with Crippen LogP contribution in [0.25, 0.3) is 10.9 Å². The summed E-state index contributed by atoms with van der Waals surface area (Å²) in [7, 11) is 1.91. The molecule has 0 spiro atoms. The lowest BCUT2D eigenvalue weighted by Crippen LogP contribution is -1.89. The zero-order valence-corrected chi connectivity index (χ0v) is 10.7. The first-order chi connectivity index (χ1) is 8.74. The maximum atomic E-state index is 5.96. The van der Waals surface area contributed by atoms with Gasteiger partial charge in [-0.05, 0) is 24.3 Å². The highest BCUT2D eigenvalue weighted by Gasteiger charge is 2.07. The van der Waals surface area contributed by atoms with E-state index in [1.165, 1.54) is 0 Å². The zero-order chi connectivity index (χ0) is 12.5. The molecular weight excluding hydrogens is 244 g/mol. The van der Waals surface area contributed by atoms with E-state index < -0.39 is 0 Å². The van der Waals surface area contributed by atoms with Crippen LogP contribution in [0.4, 0.5) is 5.69 Å². The van der Waals surface area contributed by atoms with Crippen LogP contribution in [0, 0.1) is 0 Å². The molecule has 3 aromatic rings. The van der Waals surface area contributed by atoms with E-state index in [-0.39, 0.29) is 0 Å². The second kappa shape index (κ2) is 4.34. The Morgan fingerprint density at radius 3 is 2.94 bits per heavy atom. The molecule has 18 heavy (non-hydrogen) atoms. The predicted octanol–water partition coefficient (Wildman–Crippen LogP) is 2.70. The molecule has 0 saturated heterocycles. The molecule has 2 N–H and O–H groups in total. The van der Waals surface area contributed by atoms with Gasteiger partial charge in [-0.15, -0.1) is 0 Å². The molecule has 0 aliphatic rings. The van der Waals surface area contributed by atoms with E-state index in [0.717, 1.165) is 26.4 Å². The fraction of sp³-hybridized carbons (Fsp3) is 0.0769. The van der Waals surface area contributed by atoms with Crippen LogP contribution in [0.1, 0.15) is 0 Å². The number of benzene rings is 1. The van der Waals surface area contributed by atoms with E-state index in [2.05, 4.69) is 10.1 Å². The maximum Gasteiger partial charge on any atom is 0.0861 e. The van der Waals surface area contributed by atoms with Crippen LogP contribution in [0.5, 0.6) is 0 Å². The van der Waals surface area contributed by atoms with Crippen LogP contribution in [-0.2, 0) is 7.05 Å². The van der Waals surface area contributed by atoms with Crippen molar-refractivity contribution in [2.75, 3.05) is 5.73 Å². The first kappa shape index (κ1) is 11.1. The number of aromatic nitrogens is 3. The minimum Gasteiger partial charge on any atom is -0.398 e. The topological polar surface area (TPSA) is 56.7 Å². The van der Waals surface area contributed by atoms with Crippen molar-refractivity contribution in [1.29, 1.82) is 0 Å². The standard InChI is InChI=1S/C13H12N4S/c1-17-8-9(7-16-17)18-12-5-4-11(14)10-3-2-6-15-13(10)12/h2-8H,14H2,1H3. The fourth-order valence-electron chi connectivity index (χ4n) is 1.83. The van der Waals surface area contributed by atoms with Crippen molar-refractivity contribution >= 4 is 28.4 Å². The average molecular weight is 256 g/mol. The number of rotatable bonds is 2. The average Bonchev–Trinajstić information content (AvgIpc) is 2.79. The third-order valence-electron chi connectivity index (χ3n) is 2.68. The molecule has 2 heterocycles. The van der Waals surface area contributed by atoms with Gasteiger partial charge in [0.2, 0.25) is 0 Å². The minimum absolute atomic E-state index is 0.758. The van der Waals surface area contributed by atoms with Crippen molar-refractivity contribution in [2.45, 2.75) is 9.79 Å².